The van der Waals surface area contributed by atoms with Gasteiger partial charge in [0.1, 0.15) is 0 Å². The van der Waals surface area contributed by atoms with E-state index in [1.807, 2.05) is 0 Å². The van der Waals surface area contributed by atoms with E-state index in [9.17, 15) is 0 Å². The number of benzene rings is 1. The zero-order valence-corrected chi connectivity index (χ0v) is 12.2. The Morgan fingerprint density at radius 2 is 2.05 bits per heavy atom. The van der Waals surface area contributed by atoms with Gasteiger partial charge in [0.05, 0.1) is 39.1 Å². The van der Waals surface area contributed by atoms with E-state index in [0.717, 1.165) is 45.9 Å². The minimum atomic E-state index is 0.291. The minimum absolute atomic E-state index is 0.291. The molecule has 0 saturated carbocycles. The summed E-state index contributed by atoms with van der Waals surface area (Å²) in [4.78, 5) is 0. The molecule has 2 heterocycles. The van der Waals surface area contributed by atoms with E-state index in [-0.39, 0.29) is 0 Å². The molecule has 3 nitrogen and oxygen atoms in total. The van der Waals surface area contributed by atoms with Gasteiger partial charge < -0.3 is 14.2 Å². The molecule has 0 aromatic heterocycles. The van der Waals surface area contributed by atoms with Gasteiger partial charge in [-0.1, -0.05) is 37.3 Å². The molecular weight excluding hydrogens is 252 g/mol. The summed E-state index contributed by atoms with van der Waals surface area (Å²) in [5.41, 5.74) is 1.64. The van der Waals surface area contributed by atoms with Gasteiger partial charge in [0, 0.05) is 11.3 Å². The van der Waals surface area contributed by atoms with Crippen molar-refractivity contribution in [3.63, 3.8) is 0 Å². The van der Waals surface area contributed by atoms with Crippen LogP contribution in [0.5, 0.6) is 0 Å². The van der Waals surface area contributed by atoms with Gasteiger partial charge >= 0.3 is 0 Å². The molecule has 2 aliphatic rings. The van der Waals surface area contributed by atoms with E-state index in [0.29, 0.717) is 17.4 Å². The molecule has 0 aliphatic carbocycles. The lowest BCUT2D eigenvalue weighted by Gasteiger charge is -2.42. The summed E-state index contributed by atoms with van der Waals surface area (Å²) in [6, 6.07) is 10.5. The molecule has 0 amide bonds. The van der Waals surface area contributed by atoms with Crippen molar-refractivity contribution >= 4 is 0 Å². The summed E-state index contributed by atoms with van der Waals surface area (Å²) >= 11 is 0. The van der Waals surface area contributed by atoms with Crippen LogP contribution in [-0.4, -0.2) is 39.1 Å². The van der Waals surface area contributed by atoms with Crippen molar-refractivity contribution in [2.45, 2.75) is 25.9 Å². The van der Waals surface area contributed by atoms with Gasteiger partial charge in [-0.3, -0.25) is 0 Å². The molecule has 2 saturated heterocycles. The first kappa shape index (κ1) is 14.1. The monoisotopic (exact) mass is 276 g/mol. The Labute approximate surface area is 121 Å². The molecule has 2 fully saturated rings. The minimum Gasteiger partial charge on any atom is -0.380 e. The average molecular weight is 276 g/mol. The molecule has 0 radical (unpaired) electrons. The van der Waals surface area contributed by atoms with Crippen LogP contribution in [-0.2, 0) is 20.6 Å². The Kier molecular flexibility index (Phi) is 4.39. The van der Waals surface area contributed by atoms with Crippen LogP contribution >= 0.6 is 0 Å². The first-order chi connectivity index (χ1) is 9.81. The molecule has 3 heteroatoms. The van der Waals surface area contributed by atoms with Crippen molar-refractivity contribution in [3.8, 4) is 0 Å². The summed E-state index contributed by atoms with van der Waals surface area (Å²) in [6.07, 6.45) is 2.46. The van der Waals surface area contributed by atoms with E-state index < -0.39 is 0 Å². The maximum atomic E-state index is 5.94. The summed E-state index contributed by atoms with van der Waals surface area (Å²) in [6.45, 7) is 6.43. The van der Waals surface area contributed by atoms with Gasteiger partial charge in [-0.2, -0.15) is 0 Å². The van der Waals surface area contributed by atoms with E-state index in [2.05, 4.69) is 37.3 Å². The topological polar surface area (TPSA) is 27.7 Å². The normalized spacial score (nSPS) is 27.6. The molecule has 1 aromatic carbocycles. The predicted octanol–water partition coefficient (Wildman–Crippen LogP) is 2.69. The highest BCUT2D eigenvalue weighted by atomic mass is 16.5. The molecular formula is C17H24O3. The van der Waals surface area contributed by atoms with Crippen LogP contribution in [0.4, 0.5) is 0 Å². The first-order valence-electron chi connectivity index (χ1n) is 7.62. The predicted molar refractivity (Wildman–Crippen MR) is 77.7 cm³/mol. The fraction of sp³-hybridized carbons (Fsp3) is 0.647. The fourth-order valence-electron chi connectivity index (χ4n) is 2.80. The second-order valence-electron chi connectivity index (χ2n) is 6.18. The highest BCUT2D eigenvalue weighted by molar-refractivity contribution is 5.16. The molecule has 2 aliphatic heterocycles. The molecule has 1 aromatic rings. The molecule has 0 spiro atoms. The smallest absolute Gasteiger partial charge is 0.0687 e. The van der Waals surface area contributed by atoms with Gasteiger partial charge in [-0.25, -0.2) is 0 Å². The zero-order valence-electron chi connectivity index (χ0n) is 12.2. The molecule has 2 unspecified atom stereocenters. The van der Waals surface area contributed by atoms with Crippen LogP contribution in [0.2, 0.25) is 0 Å². The largest absolute Gasteiger partial charge is 0.380 e. The van der Waals surface area contributed by atoms with E-state index >= 15 is 0 Å². The summed E-state index contributed by atoms with van der Waals surface area (Å²) < 4.78 is 17.0. The second-order valence-corrected chi connectivity index (χ2v) is 6.18. The van der Waals surface area contributed by atoms with Crippen molar-refractivity contribution in [2.75, 3.05) is 33.0 Å². The fourth-order valence-corrected chi connectivity index (χ4v) is 2.80. The van der Waals surface area contributed by atoms with Gasteiger partial charge in [0.2, 0.25) is 0 Å². The van der Waals surface area contributed by atoms with Crippen molar-refractivity contribution in [1.82, 2.24) is 0 Å². The Balaban J connectivity index is 1.40. The van der Waals surface area contributed by atoms with Crippen LogP contribution in [0.15, 0.2) is 30.3 Å². The van der Waals surface area contributed by atoms with Crippen LogP contribution in [0.3, 0.4) is 0 Å². The molecule has 0 bridgehead atoms. The van der Waals surface area contributed by atoms with Crippen molar-refractivity contribution < 1.29 is 14.2 Å². The second kappa shape index (κ2) is 6.25. The third kappa shape index (κ3) is 3.05. The van der Waals surface area contributed by atoms with Crippen LogP contribution < -0.4 is 0 Å². The number of hydrogen-bond acceptors (Lipinski definition) is 3. The lowest BCUT2D eigenvalue weighted by atomic mass is 9.84. The van der Waals surface area contributed by atoms with Crippen molar-refractivity contribution in [2.24, 2.45) is 11.3 Å². The van der Waals surface area contributed by atoms with Gasteiger partial charge in [-0.15, -0.1) is 0 Å². The third-order valence-corrected chi connectivity index (χ3v) is 4.64. The number of hydrogen-bond donors (Lipinski definition) is 0. The Morgan fingerprint density at radius 1 is 1.25 bits per heavy atom. The maximum Gasteiger partial charge on any atom is 0.0687 e. The molecule has 3 rings (SSSR count). The molecule has 110 valence electrons. The quantitative estimate of drug-likeness (QED) is 0.766. The highest BCUT2D eigenvalue weighted by Crippen LogP contribution is 2.32. The molecule has 0 N–H and O–H groups in total. The average Bonchev–Trinajstić information content (AvgIpc) is 2.43. The van der Waals surface area contributed by atoms with Gasteiger partial charge in [-0.05, 0) is 18.4 Å². The Hall–Kier alpha value is -0.900. The highest BCUT2D eigenvalue weighted by Gasteiger charge is 2.38. The van der Waals surface area contributed by atoms with Crippen LogP contribution in [0.25, 0.3) is 0 Å². The molecule has 20 heavy (non-hydrogen) atoms. The summed E-state index contributed by atoms with van der Waals surface area (Å²) in [7, 11) is 0. The van der Waals surface area contributed by atoms with E-state index in [4.69, 9.17) is 14.2 Å². The summed E-state index contributed by atoms with van der Waals surface area (Å²) in [5.74, 6) is 0.546. The van der Waals surface area contributed by atoms with E-state index in [1.54, 1.807) is 0 Å². The Bertz CT molecular complexity index is 408. The van der Waals surface area contributed by atoms with E-state index in [1.165, 1.54) is 5.56 Å². The van der Waals surface area contributed by atoms with Gasteiger partial charge in [0.25, 0.3) is 0 Å². The zero-order chi connectivity index (χ0) is 13.8. The molecule has 2 atom stereocenters. The maximum absolute atomic E-state index is 5.94. The lowest BCUT2D eigenvalue weighted by Crippen LogP contribution is -2.48. The standard InChI is InChI=1S/C17H24O3/c1-2-17(12-19-13-17)11-18-9-15-10-20-16(15)8-14-6-4-3-5-7-14/h3-7,15-16H,2,8-13H2,1H3. The van der Waals surface area contributed by atoms with Crippen LogP contribution in [0.1, 0.15) is 18.9 Å². The Morgan fingerprint density at radius 3 is 2.60 bits per heavy atom. The number of rotatable bonds is 7. The third-order valence-electron chi connectivity index (χ3n) is 4.64. The van der Waals surface area contributed by atoms with Crippen molar-refractivity contribution in [3.05, 3.63) is 35.9 Å². The SMILES string of the molecule is CCC1(COCC2COC2Cc2ccccc2)COC1. The number of ether oxygens (including phenoxy) is 3. The van der Waals surface area contributed by atoms with Crippen LogP contribution in [0, 0.1) is 11.3 Å². The first-order valence-corrected chi connectivity index (χ1v) is 7.62. The van der Waals surface area contributed by atoms with Crippen molar-refractivity contribution in [1.29, 1.82) is 0 Å². The lowest BCUT2D eigenvalue weighted by molar-refractivity contribution is -0.177. The van der Waals surface area contributed by atoms with Gasteiger partial charge in [0.15, 0.2) is 0 Å². The summed E-state index contributed by atoms with van der Waals surface area (Å²) in [5, 5.41) is 0.